The van der Waals surface area contributed by atoms with Gasteiger partial charge in [0.05, 0.1) is 16.3 Å². The molecule has 27 heavy (non-hydrogen) atoms. The highest BCUT2D eigenvalue weighted by Crippen LogP contribution is 2.32. The molecule has 9 heteroatoms. The number of aromatic nitrogens is 2. The van der Waals surface area contributed by atoms with E-state index in [1.165, 1.54) is 48.5 Å². The van der Waals surface area contributed by atoms with Crippen molar-refractivity contribution in [1.29, 1.82) is 0 Å². The number of nitrogens with zero attached hydrogens (tertiary/aromatic N) is 2. The number of benzene rings is 2. The number of hydrogen-bond donors (Lipinski definition) is 0. The van der Waals surface area contributed by atoms with Crippen LogP contribution in [0.25, 0.3) is 5.69 Å². The van der Waals surface area contributed by atoms with Crippen LogP contribution in [0.15, 0.2) is 59.4 Å². The molecular formula is C18H9Cl2F3N2O2. The third-order valence-corrected chi connectivity index (χ3v) is 4.19. The topological polar surface area (TPSA) is 52.0 Å². The Morgan fingerprint density at radius 1 is 1.00 bits per heavy atom. The van der Waals surface area contributed by atoms with Crippen molar-refractivity contribution in [1.82, 2.24) is 9.78 Å². The lowest BCUT2D eigenvalue weighted by molar-refractivity contribution is -0.138. The zero-order valence-electron chi connectivity index (χ0n) is 13.3. The van der Waals surface area contributed by atoms with Crippen molar-refractivity contribution in [2.75, 3.05) is 0 Å². The largest absolute Gasteiger partial charge is 0.418 e. The molecule has 1 heterocycles. The minimum absolute atomic E-state index is 0.0297. The number of carbonyl (C=O) groups excluding carboxylic acids is 1. The summed E-state index contributed by atoms with van der Waals surface area (Å²) in [4.78, 5) is 24.9. The molecule has 0 N–H and O–H groups in total. The molecule has 138 valence electrons. The van der Waals surface area contributed by atoms with Crippen LogP contribution in [-0.4, -0.2) is 15.6 Å². The zero-order valence-corrected chi connectivity index (χ0v) is 14.8. The van der Waals surface area contributed by atoms with Crippen LogP contribution in [0.1, 0.15) is 21.6 Å². The minimum Gasteiger partial charge on any atom is -0.287 e. The molecule has 0 saturated heterocycles. The smallest absolute Gasteiger partial charge is 0.287 e. The first kappa shape index (κ1) is 19.1. The van der Waals surface area contributed by atoms with E-state index in [-0.39, 0.29) is 21.3 Å². The molecule has 3 rings (SSSR count). The summed E-state index contributed by atoms with van der Waals surface area (Å²) in [7, 11) is 0. The SMILES string of the molecule is O=C(c1ccccc1Cl)c1nn(-c2cccc(Cl)c2)c(=O)cc1C(F)(F)F. The Labute approximate surface area is 160 Å². The quantitative estimate of drug-likeness (QED) is 0.581. The van der Waals surface area contributed by atoms with Crippen molar-refractivity contribution >= 4 is 29.0 Å². The minimum atomic E-state index is -4.95. The molecule has 3 aromatic rings. The summed E-state index contributed by atoms with van der Waals surface area (Å²) in [5.41, 5.74) is -3.46. The van der Waals surface area contributed by atoms with Crippen molar-refractivity contribution in [2.24, 2.45) is 0 Å². The van der Waals surface area contributed by atoms with E-state index in [1.54, 1.807) is 0 Å². The van der Waals surface area contributed by atoms with E-state index in [0.29, 0.717) is 10.7 Å². The predicted octanol–water partition coefficient (Wildman–Crippen LogP) is 4.79. The Morgan fingerprint density at radius 2 is 1.70 bits per heavy atom. The second kappa shape index (κ2) is 7.17. The Morgan fingerprint density at radius 3 is 2.33 bits per heavy atom. The fourth-order valence-corrected chi connectivity index (χ4v) is 2.81. The van der Waals surface area contributed by atoms with E-state index in [2.05, 4.69) is 5.10 Å². The summed E-state index contributed by atoms with van der Waals surface area (Å²) < 4.78 is 40.9. The van der Waals surface area contributed by atoms with Gasteiger partial charge in [0.15, 0.2) is 0 Å². The fourth-order valence-electron chi connectivity index (χ4n) is 2.41. The van der Waals surface area contributed by atoms with Crippen molar-refractivity contribution in [2.45, 2.75) is 6.18 Å². The van der Waals surface area contributed by atoms with Gasteiger partial charge in [-0.05, 0) is 30.3 Å². The van der Waals surface area contributed by atoms with Gasteiger partial charge >= 0.3 is 6.18 Å². The maximum Gasteiger partial charge on any atom is 0.418 e. The van der Waals surface area contributed by atoms with E-state index >= 15 is 0 Å². The van der Waals surface area contributed by atoms with E-state index in [0.717, 1.165) is 0 Å². The molecule has 0 saturated carbocycles. The summed E-state index contributed by atoms with van der Waals surface area (Å²) in [6.07, 6.45) is -4.95. The van der Waals surface area contributed by atoms with Crippen molar-refractivity contribution in [3.63, 3.8) is 0 Å². The Kier molecular flexibility index (Phi) is 5.08. The molecule has 0 unspecified atom stereocenters. The highest BCUT2D eigenvalue weighted by Gasteiger charge is 2.38. The lowest BCUT2D eigenvalue weighted by Gasteiger charge is -2.14. The van der Waals surface area contributed by atoms with E-state index in [1.807, 2.05) is 0 Å². The summed E-state index contributed by atoms with van der Waals surface area (Å²) in [6, 6.07) is 11.8. The molecule has 0 spiro atoms. The fraction of sp³-hybridized carbons (Fsp3) is 0.0556. The Bertz CT molecular complexity index is 1090. The lowest BCUT2D eigenvalue weighted by atomic mass is 10.0. The van der Waals surface area contributed by atoms with Crippen molar-refractivity contribution in [3.05, 3.63) is 91.8 Å². The summed E-state index contributed by atoms with van der Waals surface area (Å²) in [6.45, 7) is 0. The van der Waals surface area contributed by atoms with Crippen LogP contribution in [0.2, 0.25) is 10.0 Å². The molecule has 0 atom stereocenters. The van der Waals surface area contributed by atoms with E-state index < -0.39 is 28.8 Å². The maximum absolute atomic E-state index is 13.4. The first-order valence-electron chi connectivity index (χ1n) is 7.45. The van der Waals surface area contributed by atoms with Gasteiger partial charge in [-0.25, -0.2) is 0 Å². The van der Waals surface area contributed by atoms with Crippen LogP contribution in [0.4, 0.5) is 13.2 Å². The number of ketones is 1. The highest BCUT2D eigenvalue weighted by atomic mass is 35.5. The van der Waals surface area contributed by atoms with Gasteiger partial charge in [0.2, 0.25) is 5.78 Å². The number of carbonyl (C=O) groups is 1. The van der Waals surface area contributed by atoms with Gasteiger partial charge < -0.3 is 0 Å². The molecule has 0 aliphatic heterocycles. The van der Waals surface area contributed by atoms with Crippen LogP contribution < -0.4 is 5.56 Å². The third kappa shape index (κ3) is 3.89. The monoisotopic (exact) mass is 412 g/mol. The first-order valence-corrected chi connectivity index (χ1v) is 8.21. The molecule has 4 nitrogen and oxygen atoms in total. The molecule has 0 amide bonds. The van der Waals surface area contributed by atoms with E-state index in [4.69, 9.17) is 23.2 Å². The maximum atomic E-state index is 13.4. The second-order valence-electron chi connectivity index (χ2n) is 5.44. The van der Waals surface area contributed by atoms with Gasteiger partial charge in [-0.2, -0.15) is 23.0 Å². The van der Waals surface area contributed by atoms with E-state index in [9.17, 15) is 22.8 Å². The highest BCUT2D eigenvalue weighted by molar-refractivity contribution is 6.34. The zero-order chi connectivity index (χ0) is 19.8. The second-order valence-corrected chi connectivity index (χ2v) is 6.29. The third-order valence-electron chi connectivity index (χ3n) is 3.62. The Hall–Kier alpha value is -2.64. The summed E-state index contributed by atoms with van der Waals surface area (Å²) in [5, 5.41) is 3.91. The lowest BCUT2D eigenvalue weighted by Crippen LogP contribution is -2.28. The van der Waals surface area contributed by atoms with Gasteiger partial charge in [0.1, 0.15) is 5.69 Å². The number of halogens is 5. The van der Waals surface area contributed by atoms with Crippen molar-refractivity contribution in [3.8, 4) is 5.69 Å². The van der Waals surface area contributed by atoms with Gasteiger partial charge in [-0.3, -0.25) is 9.59 Å². The number of alkyl halides is 3. The normalized spacial score (nSPS) is 11.4. The molecule has 2 aromatic carbocycles. The van der Waals surface area contributed by atoms with Crippen LogP contribution in [0.5, 0.6) is 0 Å². The molecule has 0 aliphatic carbocycles. The standard InChI is InChI=1S/C18H9Cl2F3N2O2/c19-10-4-3-5-11(8-10)25-15(26)9-13(18(21,22)23)16(24-25)17(27)12-6-1-2-7-14(12)20/h1-9H. The average Bonchev–Trinajstić information content (AvgIpc) is 2.60. The van der Waals surface area contributed by atoms with Crippen LogP contribution in [0, 0.1) is 0 Å². The van der Waals surface area contributed by atoms with Gasteiger partial charge in [0.25, 0.3) is 5.56 Å². The van der Waals surface area contributed by atoms with Crippen LogP contribution >= 0.6 is 23.2 Å². The molecule has 0 aliphatic rings. The molecule has 0 bridgehead atoms. The van der Waals surface area contributed by atoms with Crippen LogP contribution in [-0.2, 0) is 6.18 Å². The number of hydrogen-bond acceptors (Lipinski definition) is 3. The summed E-state index contributed by atoms with van der Waals surface area (Å²) in [5.74, 6) is -1.05. The molecular weight excluding hydrogens is 404 g/mol. The molecule has 0 radical (unpaired) electrons. The predicted molar refractivity (Wildman–Crippen MR) is 94.7 cm³/mol. The Balaban J connectivity index is 2.28. The van der Waals surface area contributed by atoms with Gasteiger partial charge in [-0.15, -0.1) is 0 Å². The van der Waals surface area contributed by atoms with Crippen molar-refractivity contribution < 1.29 is 18.0 Å². The van der Waals surface area contributed by atoms with Gasteiger partial charge in [-0.1, -0.05) is 41.4 Å². The summed E-state index contributed by atoms with van der Waals surface area (Å²) >= 11 is 11.8. The molecule has 0 fully saturated rings. The average molecular weight is 413 g/mol. The number of rotatable bonds is 3. The van der Waals surface area contributed by atoms with Gasteiger partial charge in [0, 0.05) is 16.7 Å². The first-order chi connectivity index (χ1) is 12.7. The van der Waals surface area contributed by atoms with Crippen LogP contribution in [0.3, 0.4) is 0 Å². The molecule has 1 aromatic heterocycles.